The van der Waals surface area contributed by atoms with Crippen molar-refractivity contribution >= 4 is 42.1 Å². The maximum atomic E-state index is 13.9. The number of nitrogens with zero attached hydrogens (tertiary/aromatic N) is 3. The monoisotopic (exact) mass is 489 g/mol. The molecule has 2 aromatic heterocycles. The zero-order chi connectivity index (χ0) is 24.6. The maximum absolute atomic E-state index is 13.9. The lowest BCUT2D eigenvalue weighted by Gasteiger charge is -2.12. The van der Waals surface area contributed by atoms with Crippen LogP contribution in [0.2, 0.25) is 0 Å². The number of rotatable bonds is 7. The Hall–Kier alpha value is -3.57. The maximum Gasteiger partial charge on any atom is 0.471 e. The van der Waals surface area contributed by atoms with Gasteiger partial charge in [-0.2, -0.15) is 4.98 Å². The number of benzene rings is 2. The fourth-order valence-electron chi connectivity index (χ4n) is 3.31. The first-order valence-electron chi connectivity index (χ1n) is 9.98. The molecule has 0 aliphatic heterocycles. The summed E-state index contributed by atoms with van der Waals surface area (Å²) in [5, 5.41) is 6.19. The lowest BCUT2D eigenvalue weighted by molar-refractivity contribution is 0.151. The number of oxazole rings is 1. The van der Waals surface area contributed by atoms with Crippen molar-refractivity contribution in [3.8, 4) is 0 Å². The van der Waals surface area contributed by atoms with E-state index in [0.717, 1.165) is 10.1 Å². The van der Waals surface area contributed by atoms with E-state index in [-0.39, 0.29) is 22.9 Å². The molecule has 0 aliphatic rings. The van der Waals surface area contributed by atoms with Gasteiger partial charge in [-0.05, 0) is 62.2 Å². The van der Waals surface area contributed by atoms with E-state index in [1.807, 2.05) is 0 Å². The third-order valence-electron chi connectivity index (χ3n) is 4.95. The SMILES string of the molecule is Cc1cnc(Nc2cc(C)c(F)c(C)c2)nc1Nc1ccc2oc(=O)n(COP(=O)(O)O)c2c1. The van der Waals surface area contributed by atoms with Crippen molar-refractivity contribution in [2.45, 2.75) is 27.5 Å². The summed E-state index contributed by atoms with van der Waals surface area (Å²) in [6.07, 6.45) is 1.61. The van der Waals surface area contributed by atoms with Crippen molar-refractivity contribution in [3.05, 3.63) is 69.6 Å². The predicted octanol–water partition coefficient (Wildman–Crippen LogP) is 4.00. The Labute approximate surface area is 192 Å². The average molecular weight is 489 g/mol. The Balaban J connectivity index is 1.61. The van der Waals surface area contributed by atoms with Crippen LogP contribution >= 0.6 is 7.82 Å². The molecule has 11 nitrogen and oxygen atoms in total. The number of phosphoric ester groups is 1. The van der Waals surface area contributed by atoms with Gasteiger partial charge in [-0.3, -0.25) is 4.52 Å². The minimum atomic E-state index is -4.78. The molecule has 0 saturated heterocycles. The van der Waals surface area contributed by atoms with Crippen molar-refractivity contribution in [2.24, 2.45) is 0 Å². The quantitative estimate of drug-likeness (QED) is 0.280. The van der Waals surface area contributed by atoms with E-state index < -0.39 is 20.3 Å². The molecule has 0 amide bonds. The molecule has 13 heteroatoms. The molecule has 34 heavy (non-hydrogen) atoms. The second kappa shape index (κ2) is 8.99. The summed E-state index contributed by atoms with van der Waals surface area (Å²) in [6, 6.07) is 8.06. The van der Waals surface area contributed by atoms with Crippen molar-refractivity contribution in [1.82, 2.24) is 14.5 Å². The molecule has 0 radical (unpaired) electrons. The molecule has 2 heterocycles. The first-order valence-corrected chi connectivity index (χ1v) is 11.5. The van der Waals surface area contributed by atoms with Gasteiger partial charge in [0.05, 0.1) is 5.52 Å². The topological polar surface area (TPSA) is 152 Å². The van der Waals surface area contributed by atoms with Crippen LogP contribution in [-0.4, -0.2) is 24.3 Å². The summed E-state index contributed by atoms with van der Waals surface area (Å²) in [7, 11) is -4.78. The van der Waals surface area contributed by atoms with Crippen LogP contribution in [0.25, 0.3) is 11.1 Å². The average Bonchev–Trinajstić information content (AvgIpc) is 3.06. The van der Waals surface area contributed by atoms with E-state index in [2.05, 4.69) is 25.1 Å². The highest BCUT2D eigenvalue weighted by Gasteiger charge is 2.18. The predicted molar refractivity (Wildman–Crippen MR) is 123 cm³/mol. The summed E-state index contributed by atoms with van der Waals surface area (Å²) in [5.41, 5.74) is 3.37. The Kier molecular flexibility index (Phi) is 6.24. The fourth-order valence-corrected chi connectivity index (χ4v) is 3.57. The number of fused-ring (bicyclic) bond motifs is 1. The van der Waals surface area contributed by atoms with E-state index in [1.54, 1.807) is 51.2 Å². The summed E-state index contributed by atoms with van der Waals surface area (Å²) < 4.78 is 35.4. The second-order valence-corrected chi connectivity index (χ2v) is 8.87. The summed E-state index contributed by atoms with van der Waals surface area (Å²) in [4.78, 5) is 38.7. The summed E-state index contributed by atoms with van der Waals surface area (Å²) in [6.45, 7) is 4.47. The van der Waals surface area contributed by atoms with Crippen LogP contribution in [0.15, 0.2) is 45.7 Å². The smallest absolute Gasteiger partial charge is 0.408 e. The van der Waals surface area contributed by atoms with Gasteiger partial charge in [0.25, 0.3) is 0 Å². The third kappa shape index (κ3) is 5.15. The minimum Gasteiger partial charge on any atom is -0.408 e. The van der Waals surface area contributed by atoms with Crippen molar-refractivity contribution < 1.29 is 27.7 Å². The third-order valence-corrected chi connectivity index (χ3v) is 5.40. The Morgan fingerprint density at radius 2 is 1.79 bits per heavy atom. The Bertz CT molecular complexity index is 1470. The van der Waals surface area contributed by atoms with Gasteiger partial charge in [0.2, 0.25) is 5.95 Å². The lowest BCUT2D eigenvalue weighted by atomic mass is 10.1. The number of aromatic nitrogens is 3. The van der Waals surface area contributed by atoms with E-state index in [0.29, 0.717) is 28.3 Å². The van der Waals surface area contributed by atoms with Crippen LogP contribution in [0.1, 0.15) is 16.7 Å². The molecule has 4 rings (SSSR count). The molecule has 0 atom stereocenters. The Morgan fingerprint density at radius 1 is 1.09 bits per heavy atom. The molecule has 4 aromatic rings. The van der Waals surface area contributed by atoms with E-state index in [9.17, 15) is 13.8 Å². The molecular formula is C21H21FN5O6P. The van der Waals surface area contributed by atoms with Crippen LogP contribution in [0, 0.1) is 26.6 Å². The van der Waals surface area contributed by atoms with Gasteiger partial charge in [0.15, 0.2) is 5.58 Å². The molecule has 0 aliphatic carbocycles. The normalized spacial score (nSPS) is 11.7. The van der Waals surface area contributed by atoms with Crippen LogP contribution < -0.4 is 16.4 Å². The van der Waals surface area contributed by atoms with Crippen LogP contribution in [0.3, 0.4) is 0 Å². The largest absolute Gasteiger partial charge is 0.471 e. The second-order valence-electron chi connectivity index (χ2n) is 7.63. The molecule has 0 spiro atoms. The number of phosphoric acid groups is 1. The molecular weight excluding hydrogens is 468 g/mol. The van der Waals surface area contributed by atoms with Crippen LogP contribution in [0.4, 0.5) is 27.5 Å². The molecule has 178 valence electrons. The summed E-state index contributed by atoms with van der Waals surface area (Å²) >= 11 is 0. The minimum absolute atomic E-state index is 0.216. The van der Waals surface area contributed by atoms with Crippen molar-refractivity contribution in [2.75, 3.05) is 10.6 Å². The number of hydrogen-bond acceptors (Lipinski definition) is 8. The number of hydrogen-bond donors (Lipinski definition) is 4. The first-order chi connectivity index (χ1) is 16.0. The van der Waals surface area contributed by atoms with Gasteiger partial charge in [-0.1, -0.05) is 0 Å². The highest BCUT2D eigenvalue weighted by molar-refractivity contribution is 7.46. The zero-order valence-corrected chi connectivity index (χ0v) is 19.3. The van der Waals surface area contributed by atoms with E-state index >= 15 is 0 Å². The molecule has 0 unspecified atom stereocenters. The van der Waals surface area contributed by atoms with Crippen LogP contribution in [0.5, 0.6) is 0 Å². The van der Waals surface area contributed by atoms with Gasteiger partial charge in [0, 0.05) is 23.1 Å². The summed E-state index contributed by atoms with van der Waals surface area (Å²) in [5.74, 6) is -0.335. The number of anilines is 4. The molecule has 0 saturated carbocycles. The van der Waals surface area contributed by atoms with Crippen molar-refractivity contribution in [1.29, 1.82) is 0 Å². The lowest BCUT2D eigenvalue weighted by Crippen LogP contribution is -2.15. The fraction of sp³-hybridized carbons (Fsp3) is 0.190. The van der Waals surface area contributed by atoms with Gasteiger partial charge >= 0.3 is 13.6 Å². The molecule has 0 bridgehead atoms. The standard InChI is InChI=1S/C21H21FN5O6P/c1-11-6-15(7-12(2)18(11)22)25-20-23-9-13(3)19(26-20)24-14-4-5-17-16(8-14)27(21(28)33-17)10-32-34(29,30)31/h4-9H,10H2,1-3H3,(H2,29,30,31)(H2,23,24,25,26). The van der Waals surface area contributed by atoms with Gasteiger partial charge in [-0.15, -0.1) is 0 Å². The van der Waals surface area contributed by atoms with E-state index in [4.69, 9.17) is 14.2 Å². The van der Waals surface area contributed by atoms with Crippen molar-refractivity contribution in [3.63, 3.8) is 0 Å². The number of nitrogens with one attached hydrogen (secondary N) is 2. The first kappa shape index (κ1) is 23.6. The highest BCUT2D eigenvalue weighted by Crippen LogP contribution is 2.36. The number of aryl methyl sites for hydroxylation is 3. The highest BCUT2D eigenvalue weighted by atomic mass is 31.2. The van der Waals surface area contributed by atoms with Gasteiger partial charge in [0.1, 0.15) is 18.4 Å². The Morgan fingerprint density at radius 3 is 2.47 bits per heavy atom. The molecule has 2 aromatic carbocycles. The van der Waals surface area contributed by atoms with Gasteiger partial charge < -0.3 is 24.8 Å². The number of halogens is 1. The molecule has 4 N–H and O–H groups in total. The van der Waals surface area contributed by atoms with Crippen LogP contribution in [-0.2, 0) is 15.8 Å². The van der Waals surface area contributed by atoms with Gasteiger partial charge in [-0.25, -0.2) is 23.3 Å². The zero-order valence-electron chi connectivity index (χ0n) is 18.4. The molecule has 0 fully saturated rings. The van der Waals surface area contributed by atoms with E-state index in [1.165, 1.54) is 6.07 Å².